The Morgan fingerprint density at radius 1 is 1.00 bits per heavy atom. The molecule has 7 nitrogen and oxygen atoms in total. The molecule has 8 heteroatoms. The summed E-state index contributed by atoms with van der Waals surface area (Å²) >= 11 is 0. The topological polar surface area (TPSA) is 99.1 Å². The molecule has 0 unspecified atom stereocenters. The Bertz CT molecular complexity index is 1570. The molecular formula is C35H37BN2O5. The summed E-state index contributed by atoms with van der Waals surface area (Å²) in [7, 11) is -0.994. The van der Waals surface area contributed by atoms with E-state index in [-0.39, 0.29) is 29.6 Å². The predicted molar refractivity (Wildman–Crippen MR) is 170 cm³/mol. The molecular weight excluding hydrogens is 539 g/mol. The van der Waals surface area contributed by atoms with Crippen molar-refractivity contribution >= 4 is 42.1 Å². The summed E-state index contributed by atoms with van der Waals surface area (Å²) in [5.74, 6) is -1.31. The van der Waals surface area contributed by atoms with E-state index in [1.54, 1.807) is 12.1 Å². The van der Waals surface area contributed by atoms with Gasteiger partial charge in [-0.2, -0.15) is 0 Å². The van der Waals surface area contributed by atoms with Gasteiger partial charge in [0.2, 0.25) is 11.8 Å². The molecule has 2 amide bonds. The van der Waals surface area contributed by atoms with Gasteiger partial charge in [-0.25, -0.2) is 0 Å². The van der Waals surface area contributed by atoms with Crippen molar-refractivity contribution in [1.29, 1.82) is 0 Å². The first-order chi connectivity index (χ1) is 20.8. The number of hydrogen-bond donors (Lipinski definition) is 3. The first-order valence-corrected chi connectivity index (χ1v) is 15.1. The van der Waals surface area contributed by atoms with Gasteiger partial charge >= 0.3 is 7.12 Å². The molecule has 0 bridgehead atoms. The van der Waals surface area contributed by atoms with Crippen LogP contribution in [-0.2, 0) is 14.2 Å². The molecule has 43 heavy (non-hydrogen) atoms. The number of allylic oxidation sites excluding steroid dienone is 2. The minimum absolute atomic E-state index is 0.161. The fourth-order valence-electron chi connectivity index (χ4n) is 7.07. The van der Waals surface area contributed by atoms with Gasteiger partial charge in [0.1, 0.15) is 5.75 Å². The van der Waals surface area contributed by atoms with E-state index < -0.39 is 19.0 Å². The Morgan fingerprint density at radius 3 is 2.47 bits per heavy atom. The molecule has 220 valence electrons. The number of phenols is 1. The maximum absolute atomic E-state index is 14.0. The van der Waals surface area contributed by atoms with Gasteiger partial charge in [-0.05, 0) is 105 Å². The zero-order chi connectivity index (χ0) is 30.1. The summed E-state index contributed by atoms with van der Waals surface area (Å²) in [4.78, 5) is 29.1. The van der Waals surface area contributed by atoms with Crippen LogP contribution < -0.4 is 10.2 Å². The molecule has 3 aliphatic rings. The van der Waals surface area contributed by atoms with Crippen LogP contribution in [0.4, 0.5) is 17.1 Å². The van der Waals surface area contributed by atoms with Gasteiger partial charge in [0.05, 0.1) is 23.6 Å². The van der Waals surface area contributed by atoms with Crippen LogP contribution in [0.1, 0.15) is 45.1 Å². The van der Waals surface area contributed by atoms with Crippen LogP contribution in [0.3, 0.4) is 0 Å². The average Bonchev–Trinajstić information content (AvgIpc) is 3.25. The number of fused-ring (bicyclic) bond motifs is 3. The lowest BCUT2D eigenvalue weighted by Crippen LogP contribution is -2.46. The van der Waals surface area contributed by atoms with E-state index in [4.69, 9.17) is 4.65 Å². The van der Waals surface area contributed by atoms with Crippen molar-refractivity contribution < 1.29 is 24.4 Å². The van der Waals surface area contributed by atoms with E-state index in [0.29, 0.717) is 24.8 Å². The zero-order valence-corrected chi connectivity index (χ0v) is 24.6. The van der Waals surface area contributed by atoms with Crippen molar-refractivity contribution in [3.63, 3.8) is 0 Å². The number of aromatic hydroxyl groups is 1. The average molecular weight is 577 g/mol. The van der Waals surface area contributed by atoms with Gasteiger partial charge in [-0.3, -0.25) is 14.5 Å². The minimum atomic E-state index is -0.994. The molecule has 2 fully saturated rings. The predicted octanol–water partition coefficient (Wildman–Crippen LogP) is 6.73. The van der Waals surface area contributed by atoms with E-state index >= 15 is 0 Å². The molecule has 1 aliphatic carbocycles. The van der Waals surface area contributed by atoms with Gasteiger partial charge in [0.25, 0.3) is 0 Å². The van der Waals surface area contributed by atoms with E-state index in [9.17, 15) is 19.7 Å². The Kier molecular flexibility index (Phi) is 8.24. The van der Waals surface area contributed by atoms with Crippen LogP contribution in [0.15, 0.2) is 95.6 Å². The van der Waals surface area contributed by atoms with E-state index in [1.165, 1.54) is 10.5 Å². The van der Waals surface area contributed by atoms with Gasteiger partial charge in [-0.15, -0.1) is 0 Å². The van der Waals surface area contributed by atoms with Gasteiger partial charge in [-0.1, -0.05) is 54.5 Å². The number of phenolic OH excluding ortho intramolecular Hbond substituents is 1. The number of benzene rings is 3. The highest BCUT2D eigenvalue weighted by atomic mass is 16.5. The highest BCUT2D eigenvalue weighted by molar-refractivity contribution is 6.43. The van der Waals surface area contributed by atoms with Gasteiger partial charge in [0, 0.05) is 11.4 Å². The number of anilines is 3. The second kappa shape index (κ2) is 12.2. The van der Waals surface area contributed by atoms with Crippen molar-refractivity contribution in [2.24, 2.45) is 17.8 Å². The third-order valence-electron chi connectivity index (χ3n) is 9.01. The third-order valence-corrected chi connectivity index (χ3v) is 9.01. The van der Waals surface area contributed by atoms with Crippen LogP contribution >= 0.6 is 0 Å². The first kappa shape index (κ1) is 29.0. The molecule has 0 radical (unpaired) electrons. The fraction of sp³-hybridized carbons (Fsp3) is 0.314. The van der Waals surface area contributed by atoms with Crippen molar-refractivity contribution in [2.45, 2.75) is 52.0 Å². The summed E-state index contributed by atoms with van der Waals surface area (Å²) in [6.45, 7) is 4.14. The summed E-state index contributed by atoms with van der Waals surface area (Å²) in [5, 5.41) is 24.0. The van der Waals surface area contributed by atoms with Crippen LogP contribution in [-0.4, -0.2) is 35.2 Å². The molecule has 0 aromatic heterocycles. The Morgan fingerprint density at radius 2 is 1.74 bits per heavy atom. The van der Waals surface area contributed by atoms with Gasteiger partial charge < -0.3 is 20.1 Å². The number of carbonyl (C=O) groups excluding carboxylic acids is 2. The Labute approximate surface area is 253 Å². The van der Waals surface area contributed by atoms with Crippen molar-refractivity contribution in [3.05, 3.63) is 101 Å². The number of para-hydroxylation sites is 1. The number of hydrogen-bond acceptors (Lipinski definition) is 6. The highest BCUT2D eigenvalue weighted by Crippen LogP contribution is 2.52. The standard InChI is InChI=1S/C35H37BN2O5/c1-3-24-20-29-33(35(41)38(34(29)40)27-15-13-26(14-16-27)37-25-9-5-4-6-10-25)30-21-36(42)43-31(32(24)30)17-12-22(2)18-23-8-7-11-28(39)19-23/h4-11,13-16,18-19,29-31,33,37,39,42H,3,12,17,20-21H2,1-2H3/b22-18+/t29-,30+,31-,33-/m1/s1. The second-order valence-corrected chi connectivity index (χ2v) is 11.8. The van der Waals surface area contributed by atoms with Crippen LogP contribution in [0.5, 0.6) is 5.75 Å². The van der Waals surface area contributed by atoms with E-state index in [1.807, 2.05) is 79.7 Å². The fourth-order valence-corrected chi connectivity index (χ4v) is 7.07. The van der Waals surface area contributed by atoms with Crippen LogP contribution in [0.25, 0.3) is 6.08 Å². The van der Waals surface area contributed by atoms with E-state index in [2.05, 4.69) is 12.2 Å². The molecule has 3 aromatic carbocycles. The van der Waals surface area contributed by atoms with E-state index in [0.717, 1.165) is 40.9 Å². The third kappa shape index (κ3) is 5.90. The van der Waals surface area contributed by atoms with Crippen LogP contribution in [0.2, 0.25) is 6.32 Å². The maximum atomic E-state index is 14.0. The molecule has 0 saturated carbocycles. The largest absolute Gasteiger partial charge is 0.508 e. The number of rotatable bonds is 8. The molecule has 6 rings (SSSR count). The minimum Gasteiger partial charge on any atom is -0.508 e. The maximum Gasteiger partial charge on any atom is 0.455 e. The zero-order valence-electron chi connectivity index (χ0n) is 24.6. The smallest absolute Gasteiger partial charge is 0.455 e. The number of imide groups is 1. The Balaban J connectivity index is 1.22. The number of carbonyl (C=O) groups is 2. The molecule has 2 heterocycles. The number of nitrogens with zero attached hydrogens (tertiary/aromatic N) is 1. The normalized spacial score (nSPS) is 23.8. The second-order valence-electron chi connectivity index (χ2n) is 11.8. The first-order valence-electron chi connectivity index (χ1n) is 15.1. The van der Waals surface area contributed by atoms with Crippen molar-refractivity contribution in [3.8, 4) is 5.75 Å². The quantitative estimate of drug-likeness (QED) is 0.156. The lowest BCUT2D eigenvalue weighted by molar-refractivity contribution is -0.122. The number of nitrogens with one attached hydrogen (secondary N) is 1. The lowest BCUT2D eigenvalue weighted by Gasteiger charge is -2.43. The van der Waals surface area contributed by atoms with Gasteiger partial charge in [0.15, 0.2) is 0 Å². The monoisotopic (exact) mass is 576 g/mol. The highest BCUT2D eigenvalue weighted by Gasteiger charge is 2.57. The number of amides is 2. The molecule has 3 aromatic rings. The summed E-state index contributed by atoms with van der Waals surface area (Å²) in [5.41, 5.74) is 6.72. The SMILES string of the molecule is CCC1=C2[C@@H](CC/C(C)=C/c3cccc(O)c3)OB(O)C[C@@H]2[C@@H]2C(=O)N(c3ccc(Nc4ccccc4)cc3)C(=O)[C@@H]2C1. The lowest BCUT2D eigenvalue weighted by atomic mass is 9.58. The summed E-state index contributed by atoms with van der Waals surface area (Å²) in [6, 6.07) is 24.4. The molecule has 4 atom stereocenters. The molecule has 0 spiro atoms. The summed E-state index contributed by atoms with van der Waals surface area (Å²) < 4.78 is 6.11. The molecule has 3 N–H and O–H groups in total. The van der Waals surface area contributed by atoms with Crippen LogP contribution in [0, 0.1) is 17.8 Å². The molecule has 2 aliphatic heterocycles. The summed E-state index contributed by atoms with van der Waals surface area (Å²) in [6.07, 6.45) is 4.73. The van der Waals surface area contributed by atoms with Crippen molar-refractivity contribution in [1.82, 2.24) is 0 Å². The Hall–Kier alpha value is -4.14. The van der Waals surface area contributed by atoms with Crippen molar-refractivity contribution in [2.75, 3.05) is 10.2 Å². The molecule has 2 saturated heterocycles.